The Morgan fingerprint density at radius 1 is 1.20 bits per heavy atom. The van der Waals surface area contributed by atoms with Gasteiger partial charge >= 0.3 is 23.4 Å². The monoisotopic (exact) mass is 588 g/mol. The van der Waals surface area contributed by atoms with Gasteiger partial charge in [-0.15, -0.1) is 0 Å². The molecule has 220 valence electrons. The Balaban J connectivity index is 0.000000610. The fourth-order valence-corrected chi connectivity index (χ4v) is 6.79. The van der Waals surface area contributed by atoms with Crippen LogP contribution in [0.3, 0.4) is 0 Å². The van der Waals surface area contributed by atoms with Gasteiger partial charge in [0.2, 0.25) is 0 Å². The highest BCUT2D eigenvalue weighted by atomic mass is 32.2. The number of allylic oxidation sites excluding steroid dienone is 1. The van der Waals surface area contributed by atoms with E-state index in [2.05, 4.69) is 30.1 Å². The van der Waals surface area contributed by atoms with Crippen molar-refractivity contribution in [2.45, 2.75) is 51.7 Å². The zero-order valence-electron chi connectivity index (χ0n) is 22.8. The second-order valence-electron chi connectivity index (χ2n) is 10.7. The number of fused-ring (bicyclic) bond motifs is 2. The van der Waals surface area contributed by atoms with Crippen molar-refractivity contribution >= 4 is 29.5 Å². The SMILES string of the molecule is CCOC(=O)N[C@@H]1CC[C@@H]2[C@@H](C1)C[C@H]1C(=O)O[C@H](C)[C@H]1[C@H]2/C=C/c1ccc(-c2cccc(F)c2)cn1.O=S1OOO1. The third-order valence-corrected chi connectivity index (χ3v) is 8.68. The van der Waals surface area contributed by atoms with Gasteiger partial charge in [-0.05, 0) is 92.2 Å². The van der Waals surface area contributed by atoms with E-state index in [1.54, 1.807) is 19.2 Å². The number of aromatic nitrogens is 1. The van der Waals surface area contributed by atoms with Crippen LogP contribution < -0.4 is 5.32 Å². The van der Waals surface area contributed by atoms with E-state index in [9.17, 15) is 18.2 Å². The molecule has 6 rings (SSSR count). The standard InChI is InChI=1S/C29H33FN2O4.O4S/c1-3-35-29(34)32-23-10-11-24-20(14-23)15-26-27(17(2)36-28(26)33)25(24)12-9-22-8-7-19(16-31-22)18-5-4-6-21(30)13-18;1-5-3-2-4-5/h4-9,12-13,16-17,20,23-27H,3,10-11,14-15H2,1-2H3,(H,32,34);/b12-9+;/t17-,20+,23-,24-,25+,26-,27+;/m1./s1. The van der Waals surface area contributed by atoms with Gasteiger partial charge in [0.1, 0.15) is 11.9 Å². The molecule has 1 N–H and O–H groups in total. The summed E-state index contributed by atoms with van der Waals surface area (Å²) in [5.74, 6) is 0.629. The lowest BCUT2D eigenvalue weighted by Gasteiger charge is -2.47. The van der Waals surface area contributed by atoms with E-state index in [4.69, 9.17) is 9.47 Å². The highest BCUT2D eigenvalue weighted by molar-refractivity contribution is 7.75. The largest absolute Gasteiger partial charge is 0.462 e. The first kappa shape index (κ1) is 29.3. The lowest BCUT2D eigenvalue weighted by molar-refractivity contribution is -0.469. The summed E-state index contributed by atoms with van der Waals surface area (Å²) in [6.07, 6.45) is 9.07. The van der Waals surface area contributed by atoms with E-state index in [0.29, 0.717) is 18.4 Å². The highest BCUT2D eigenvalue weighted by Gasteiger charge is 2.54. The van der Waals surface area contributed by atoms with Crippen molar-refractivity contribution in [1.29, 1.82) is 0 Å². The molecular weight excluding hydrogens is 555 g/mol. The maximum Gasteiger partial charge on any atom is 0.407 e. The Labute approximate surface area is 240 Å². The number of carbonyl (C=O) groups excluding carboxylic acids is 2. The summed E-state index contributed by atoms with van der Waals surface area (Å²) in [5, 5.41) is 6.53. The molecule has 0 unspecified atom stereocenters. The molecule has 3 heterocycles. The molecule has 0 bridgehead atoms. The zero-order chi connectivity index (χ0) is 28.9. The first-order valence-electron chi connectivity index (χ1n) is 13.8. The van der Waals surface area contributed by atoms with Gasteiger partial charge in [-0.25, -0.2) is 9.18 Å². The summed E-state index contributed by atoms with van der Waals surface area (Å²) < 4.78 is 41.1. The quantitative estimate of drug-likeness (QED) is 0.376. The summed E-state index contributed by atoms with van der Waals surface area (Å²) in [4.78, 5) is 29.2. The lowest BCUT2D eigenvalue weighted by Crippen LogP contribution is -2.48. The van der Waals surface area contributed by atoms with Crippen molar-refractivity contribution in [2.24, 2.45) is 29.6 Å². The molecule has 2 saturated heterocycles. The van der Waals surface area contributed by atoms with Gasteiger partial charge in [0, 0.05) is 23.7 Å². The van der Waals surface area contributed by atoms with E-state index < -0.39 is 11.4 Å². The van der Waals surface area contributed by atoms with Crippen molar-refractivity contribution < 1.29 is 41.4 Å². The van der Waals surface area contributed by atoms with Crippen molar-refractivity contribution in [2.75, 3.05) is 6.61 Å². The Bertz CT molecular complexity index is 1290. The molecular formula is C29H33FN2O8S. The van der Waals surface area contributed by atoms with Crippen LogP contribution in [-0.2, 0) is 39.3 Å². The minimum Gasteiger partial charge on any atom is -0.462 e. The van der Waals surface area contributed by atoms with Gasteiger partial charge in [0.25, 0.3) is 0 Å². The molecule has 4 fully saturated rings. The second-order valence-corrected chi connectivity index (χ2v) is 11.4. The molecule has 2 saturated carbocycles. The van der Waals surface area contributed by atoms with Gasteiger partial charge in [0.15, 0.2) is 0 Å². The fraction of sp³-hybridized carbons (Fsp3) is 0.483. The van der Waals surface area contributed by atoms with Crippen LogP contribution in [0.15, 0.2) is 48.7 Å². The highest BCUT2D eigenvalue weighted by Crippen LogP contribution is 2.53. The molecule has 7 atom stereocenters. The average Bonchev–Trinajstić information content (AvgIpc) is 3.23. The first-order valence-corrected chi connectivity index (χ1v) is 14.8. The van der Waals surface area contributed by atoms with Crippen molar-refractivity contribution in [1.82, 2.24) is 10.3 Å². The van der Waals surface area contributed by atoms with Gasteiger partial charge in [-0.1, -0.05) is 32.9 Å². The molecule has 1 amide bonds. The Hall–Kier alpha value is -3.19. The molecule has 1 aromatic carbocycles. The number of ether oxygens (including phenoxy) is 2. The average molecular weight is 589 g/mol. The molecule has 41 heavy (non-hydrogen) atoms. The first-order chi connectivity index (χ1) is 19.8. The lowest BCUT2D eigenvalue weighted by atomic mass is 9.57. The second kappa shape index (κ2) is 13.2. The van der Waals surface area contributed by atoms with Crippen LogP contribution in [0.5, 0.6) is 0 Å². The molecule has 2 aromatic rings. The van der Waals surface area contributed by atoms with Crippen molar-refractivity contribution in [3.8, 4) is 11.1 Å². The molecule has 12 heteroatoms. The predicted molar refractivity (Wildman–Crippen MR) is 145 cm³/mol. The minimum atomic E-state index is -1.61. The summed E-state index contributed by atoms with van der Waals surface area (Å²) in [6.45, 7) is 4.15. The third kappa shape index (κ3) is 7.00. The van der Waals surface area contributed by atoms with E-state index in [0.717, 1.165) is 42.5 Å². The summed E-state index contributed by atoms with van der Waals surface area (Å²) in [5.41, 5.74) is 2.48. The number of rotatable bonds is 5. The smallest absolute Gasteiger partial charge is 0.407 e. The van der Waals surface area contributed by atoms with Gasteiger partial charge in [0.05, 0.1) is 18.2 Å². The summed E-state index contributed by atoms with van der Waals surface area (Å²) in [7, 11) is 0. The number of halogens is 1. The number of benzene rings is 1. The fourth-order valence-electron chi connectivity index (χ4n) is 6.69. The van der Waals surface area contributed by atoms with Crippen LogP contribution in [0.2, 0.25) is 0 Å². The third-order valence-electron chi connectivity index (χ3n) is 8.35. The normalized spacial score (nSPS) is 30.7. The van der Waals surface area contributed by atoms with Gasteiger partial charge in [-0.3, -0.25) is 9.78 Å². The number of pyridine rings is 1. The summed E-state index contributed by atoms with van der Waals surface area (Å²) >= 11 is -1.61. The van der Waals surface area contributed by atoms with E-state index in [1.807, 2.05) is 31.2 Å². The molecule has 0 spiro atoms. The van der Waals surface area contributed by atoms with Crippen molar-refractivity contribution in [3.05, 3.63) is 60.2 Å². The Morgan fingerprint density at radius 3 is 2.66 bits per heavy atom. The van der Waals surface area contributed by atoms with E-state index >= 15 is 0 Å². The van der Waals surface area contributed by atoms with Crippen LogP contribution in [-0.4, -0.2) is 40.0 Å². The molecule has 4 aliphatic rings. The predicted octanol–water partition coefficient (Wildman–Crippen LogP) is 5.09. The molecule has 0 radical (unpaired) electrons. The summed E-state index contributed by atoms with van der Waals surface area (Å²) in [6, 6.07) is 10.4. The number of nitrogens with zero attached hydrogens (tertiary/aromatic N) is 1. The van der Waals surface area contributed by atoms with E-state index in [-0.39, 0.29) is 47.8 Å². The number of hydrogen-bond donors (Lipinski definition) is 1. The Morgan fingerprint density at radius 2 is 2.00 bits per heavy atom. The minimum absolute atomic E-state index is 0.0679. The van der Waals surface area contributed by atoms with Gasteiger partial charge < -0.3 is 14.8 Å². The number of esters is 1. The van der Waals surface area contributed by atoms with Crippen molar-refractivity contribution in [3.63, 3.8) is 0 Å². The van der Waals surface area contributed by atoms with Crippen LogP contribution in [0.4, 0.5) is 9.18 Å². The molecule has 1 aromatic heterocycles. The number of alkyl carbamates (subject to hydrolysis) is 1. The zero-order valence-corrected chi connectivity index (χ0v) is 23.6. The maximum absolute atomic E-state index is 13.6. The number of carbonyl (C=O) groups is 2. The molecule has 10 nitrogen and oxygen atoms in total. The maximum atomic E-state index is 13.6. The topological polar surface area (TPSA) is 122 Å². The van der Waals surface area contributed by atoms with Gasteiger partial charge in [-0.2, -0.15) is 4.21 Å². The van der Waals surface area contributed by atoms with Crippen LogP contribution in [0.1, 0.15) is 45.2 Å². The number of nitrogens with one attached hydrogen (secondary N) is 1. The Kier molecular flexibility index (Phi) is 9.43. The number of amides is 1. The van der Waals surface area contributed by atoms with Crippen LogP contribution >= 0.6 is 0 Å². The number of hydrogen-bond acceptors (Lipinski definition) is 9. The molecule has 2 aliphatic carbocycles. The van der Waals surface area contributed by atoms with Crippen LogP contribution in [0, 0.1) is 35.4 Å². The number of cyclic esters (lactones) is 1. The molecule has 2 aliphatic heterocycles. The van der Waals surface area contributed by atoms with E-state index in [1.165, 1.54) is 12.1 Å². The van der Waals surface area contributed by atoms with Crippen LogP contribution in [0.25, 0.3) is 17.2 Å².